The molecule has 0 atom stereocenters. The summed E-state index contributed by atoms with van der Waals surface area (Å²) in [5, 5.41) is 7.47. The highest BCUT2D eigenvalue weighted by Crippen LogP contribution is 2.34. The van der Waals surface area contributed by atoms with E-state index in [9.17, 15) is 0 Å². The molecule has 0 amide bonds. The highest BCUT2D eigenvalue weighted by molar-refractivity contribution is 5.80. The molecule has 1 N–H and O–H groups in total. The number of nitrogens with one attached hydrogen (secondary N) is 1. The smallest absolute Gasteiger partial charge is 0.176 e. The molecule has 2 aromatic carbocycles. The van der Waals surface area contributed by atoms with E-state index in [1.165, 1.54) is 0 Å². The molecule has 0 bridgehead atoms. The van der Waals surface area contributed by atoms with E-state index in [0.29, 0.717) is 0 Å². The van der Waals surface area contributed by atoms with Crippen molar-refractivity contribution in [2.24, 2.45) is 0 Å². The van der Waals surface area contributed by atoms with Crippen LogP contribution in [0.5, 0.6) is 0 Å². The fraction of sp³-hybridized carbons (Fsp3) is 0.0476. The first-order valence-corrected chi connectivity index (χ1v) is 8.12. The molecule has 0 aliphatic heterocycles. The number of benzene rings is 2. The Bertz CT molecular complexity index is 978. The maximum atomic E-state index is 5.58. The minimum Gasteiger partial charge on any atom is -0.355 e. The van der Waals surface area contributed by atoms with Gasteiger partial charge in [0, 0.05) is 11.3 Å². The minimum atomic E-state index is 0.738. The second kappa shape index (κ2) is 6.61. The Morgan fingerprint density at radius 1 is 0.800 bits per heavy atom. The van der Waals surface area contributed by atoms with Gasteiger partial charge < -0.3 is 9.84 Å². The number of pyridine rings is 1. The zero-order valence-electron chi connectivity index (χ0n) is 13.8. The van der Waals surface area contributed by atoms with E-state index in [1.807, 2.05) is 85.8 Å². The average Bonchev–Trinajstić information content (AvgIpc) is 3.05. The lowest BCUT2D eigenvalue weighted by Gasteiger charge is -2.08. The van der Waals surface area contributed by atoms with E-state index in [2.05, 4.69) is 10.5 Å². The Morgan fingerprint density at radius 3 is 2.28 bits per heavy atom. The number of aryl methyl sites for hydroxylation is 1. The largest absolute Gasteiger partial charge is 0.355 e. The van der Waals surface area contributed by atoms with Gasteiger partial charge in [0.25, 0.3) is 0 Å². The summed E-state index contributed by atoms with van der Waals surface area (Å²) in [5.41, 5.74) is 4.56. The van der Waals surface area contributed by atoms with Crippen LogP contribution < -0.4 is 5.32 Å². The SMILES string of the molecule is Cc1noc(-c2ccccc2)c1-c1cccc(Nc2ccccc2)n1. The molecule has 122 valence electrons. The standard InChI is InChI=1S/C21H17N3O/c1-15-20(21(25-24-15)16-9-4-2-5-10-16)18-13-8-14-19(23-18)22-17-11-6-3-7-12-17/h2-14H,1H3,(H,22,23). The quantitative estimate of drug-likeness (QED) is 0.541. The van der Waals surface area contributed by atoms with Crippen LogP contribution in [-0.2, 0) is 0 Å². The summed E-state index contributed by atoms with van der Waals surface area (Å²) in [6.45, 7) is 1.93. The monoisotopic (exact) mass is 327 g/mol. The molecular weight excluding hydrogens is 310 g/mol. The zero-order chi connectivity index (χ0) is 17.1. The number of anilines is 2. The van der Waals surface area contributed by atoms with Crippen molar-refractivity contribution in [1.29, 1.82) is 0 Å². The van der Waals surface area contributed by atoms with Gasteiger partial charge in [-0.05, 0) is 31.2 Å². The summed E-state index contributed by atoms with van der Waals surface area (Å²) in [4.78, 5) is 4.75. The number of para-hydroxylation sites is 1. The molecule has 0 aliphatic rings. The molecule has 0 saturated heterocycles. The van der Waals surface area contributed by atoms with Crippen LogP contribution in [0.15, 0.2) is 83.4 Å². The van der Waals surface area contributed by atoms with Gasteiger partial charge in [-0.15, -0.1) is 0 Å². The van der Waals surface area contributed by atoms with Crippen LogP contribution in [0.2, 0.25) is 0 Å². The molecule has 4 nitrogen and oxygen atoms in total. The van der Waals surface area contributed by atoms with E-state index in [-0.39, 0.29) is 0 Å². The predicted molar refractivity (Wildman–Crippen MR) is 99.6 cm³/mol. The predicted octanol–water partition coefficient (Wildman–Crippen LogP) is 5.46. The maximum absolute atomic E-state index is 5.58. The lowest BCUT2D eigenvalue weighted by atomic mass is 10.0. The van der Waals surface area contributed by atoms with E-state index in [0.717, 1.165) is 39.8 Å². The second-order valence-electron chi connectivity index (χ2n) is 5.74. The van der Waals surface area contributed by atoms with Crippen LogP contribution in [0.25, 0.3) is 22.6 Å². The Balaban J connectivity index is 1.74. The van der Waals surface area contributed by atoms with Gasteiger partial charge in [-0.25, -0.2) is 4.98 Å². The molecule has 0 unspecified atom stereocenters. The average molecular weight is 327 g/mol. The Labute approximate surface area is 146 Å². The minimum absolute atomic E-state index is 0.738. The van der Waals surface area contributed by atoms with Gasteiger partial charge in [-0.1, -0.05) is 59.8 Å². The fourth-order valence-electron chi connectivity index (χ4n) is 2.77. The summed E-state index contributed by atoms with van der Waals surface area (Å²) >= 11 is 0. The molecule has 2 heterocycles. The second-order valence-corrected chi connectivity index (χ2v) is 5.74. The van der Waals surface area contributed by atoms with Crippen molar-refractivity contribution in [3.05, 3.63) is 84.6 Å². The third kappa shape index (κ3) is 3.15. The lowest BCUT2D eigenvalue weighted by molar-refractivity contribution is 0.427. The van der Waals surface area contributed by atoms with Crippen LogP contribution in [0.4, 0.5) is 11.5 Å². The van der Waals surface area contributed by atoms with Crippen LogP contribution in [-0.4, -0.2) is 10.1 Å². The van der Waals surface area contributed by atoms with Gasteiger partial charge in [0.2, 0.25) is 0 Å². The van der Waals surface area contributed by atoms with Gasteiger partial charge in [0.1, 0.15) is 5.82 Å². The maximum Gasteiger partial charge on any atom is 0.176 e. The molecule has 0 saturated carbocycles. The molecule has 2 aromatic heterocycles. The van der Waals surface area contributed by atoms with E-state index in [1.54, 1.807) is 0 Å². The molecule has 4 rings (SSSR count). The number of nitrogens with zero attached hydrogens (tertiary/aromatic N) is 2. The lowest BCUT2D eigenvalue weighted by Crippen LogP contribution is -1.95. The number of rotatable bonds is 4. The van der Waals surface area contributed by atoms with Crippen molar-refractivity contribution < 1.29 is 4.52 Å². The van der Waals surface area contributed by atoms with Crippen molar-refractivity contribution in [2.45, 2.75) is 6.92 Å². The molecule has 0 radical (unpaired) electrons. The summed E-state index contributed by atoms with van der Waals surface area (Å²) in [6, 6.07) is 25.9. The van der Waals surface area contributed by atoms with Gasteiger partial charge in [-0.2, -0.15) is 0 Å². The van der Waals surface area contributed by atoms with Crippen molar-refractivity contribution in [1.82, 2.24) is 10.1 Å². The van der Waals surface area contributed by atoms with Crippen LogP contribution in [0, 0.1) is 6.92 Å². The highest BCUT2D eigenvalue weighted by atomic mass is 16.5. The molecule has 0 fully saturated rings. The first kappa shape index (κ1) is 15.1. The third-order valence-corrected chi connectivity index (χ3v) is 3.95. The summed E-state index contributed by atoms with van der Waals surface area (Å²) < 4.78 is 5.58. The number of hydrogen-bond acceptors (Lipinski definition) is 4. The van der Waals surface area contributed by atoms with Gasteiger partial charge in [-0.3, -0.25) is 0 Å². The van der Waals surface area contributed by atoms with E-state index >= 15 is 0 Å². The number of hydrogen-bond donors (Lipinski definition) is 1. The Hall–Kier alpha value is -3.40. The zero-order valence-corrected chi connectivity index (χ0v) is 13.8. The Morgan fingerprint density at radius 2 is 1.52 bits per heavy atom. The number of aromatic nitrogens is 2. The summed E-state index contributed by atoms with van der Waals surface area (Å²) in [6.07, 6.45) is 0. The van der Waals surface area contributed by atoms with E-state index < -0.39 is 0 Å². The molecule has 4 heteroatoms. The van der Waals surface area contributed by atoms with Crippen molar-refractivity contribution in [3.8, 4) is 22.6 Å². The van der Waals surface area contributed by atoms with Gasteiger partial charge >= 0.3 is 0 Å². The van der Waals surface area contributed by atoms with Crippen molar-refractivity contribution in [3.63, 3.8) is 0 Å². The van der Waals surface area contributed by atoms with E-state index in [4.69, 9.17) is 9.51 Å². The fourth-order valence-corrected chi connectivity index (χ4v) is 2.77. The molecule has 4 aromatic rings. The molecule has 0 aliphatic carbocycles. The molecule has 25 heavy (non-hydrogen) atoms. The first-order chi connectivity index (χ1) is 12.3. The molecular formula is C21H17N3O. The third-order valence-electron chi connectivity index (χ3n) is 3.95. The van der Waals surface area contributed by atoms with Crippen LogP contribution >= 0.6 is 0 Å². The normalized spacial score (nSPS) is 10.6. The summed E-state index contributed by atoms with van der Waals surface area (Å²) in [5.74, 6) is 1.52. The highest BCUT2D eigenvalue weighted by Gasteiger charge is 2.18. The Kier molecular flexibility index (Phi) is 4.01. The van der Waals surface area contributed by atoms with Gasteiger partial charge in [0.05, 0.1) is 17.0 Å². The van der Waals surface area contributed by atoms with Crippen LogP contribution in [0.1, 0.15) is 5.69 Å². The molecule has 0 spiro atoms. The topological polar surface area (TPSA) is 51.0 Å². The van der Waals surface area contributed by atoms with Gasteiger partial charge in [0.15, 0.2) is 5.76 Å². The van der Waals surface area contributed by atoms with Crippen molar-refractivity contribution >= 4 is 11.5 Å². The summed E-state index contributed by atoms with van der Waals surface area (Å²) in [7, 11) is 0. The van der Waals surface area contributed by atoms with Crippen molar-refractivity contribution in [2.75, 3.05) is 5.32 Å². The first-order valence-electron chi connectivity index (χ1n) is 8.12. The van der Waals surface area contributed by atoms with Crippen LogP contribution in [0.3, 0.4) is 0 Å².